The summed E-state index contributed by atoms with van der Waals surface area (Å²) in [4.78, 5) is 0. The van der Waals surface area contributed by atoms with Crippen LogP contribution < -0.4 is 10.1 Å². The van der Waals surface area contributed by atoms with Crippen molar-refractivity contribution in [2.24, 2.45) is 5.92 Å². The highest BCUT2D eigenvalue weighted by Gasteiger charge is 2.16. The second-order valence-corrected chi connectivity index (χ2v) is 5.38. The van der Waals surface area contributed by atoms with Gasteiger partial charge in [0.2, 0.25) is 0 Å². The summed E-state index contributed by atoms with van der Waals surface area (Å²) in [6.07, 6.45) is 4.28. The minimum Gasteiger partial charge on any atom is -0.454 e. The maximum Gasteiger partial charge on any atom is 0.168 e. The summed E-state index contributed by atoms with van der Waals surface area (Å²) in [7, 11) is 0. The molecule has 1 fully saturated rings. The highest BCUT2D eigenvalue weighted by atomic mass is 16.5. The van der Waals surface area contributed by atoms with E-state index in [0.717, 1.165) is 42.7 Å². The summed E-state index contributed by atoms with van der Waals surface area (Å²) < 4.78 is 7.96. The predicted octanol–water partition coefficient (Wildman–Crippen LogP) is 2.98. The molecular weight excluding hydrogens is 250 g/mol. The van der Waals surface area contributed by atoms with Gasteiger partial charge in [-0.2, -0.15) is 5.10 Å². The Labute approximate surface area is 119 Å². The molecule has 4 nitrogen and oxygen atoms in total. The minimum absolute atomic E-state index is 0.722. The number of nitrogens with one attached hydrogen (secondary N) is 1. The minimum atomic E-state index is 0.722. The van der Waals surface area contributed by atoms with Gasteiger partial charge in [0.15, 0.2) is 5.75 Å². The summed E-state index contributed by atoms with van der Waals surface area (Å²) in [5.74, 6) is 2.43. The lowest BCUT2D eigenvalue weighted by Gasteiger charge is -2.22. The van der Waals surface area contributed by atoms with Crippen molar-refractivity contribution in [1.29, 1.82) is 0 Å². The van der Waals surface area contributed by atoms with Crippen LogP contribution in [-0.2, 0) is 6.54 Å². The Hall–Kier alpha value is -1.81. The van der Waals surface area contributed by atoms with Crippen LogP contribution in [0, 0.1) is 12.8 Å². The van der Waals surface area contributed by atoms with Gasteiger partial charge < -0.3 is 10.1 Å². The van der Waals surface area contributed by atoms with E-state index < -0.39 is 0 Å². The normalized spacial score (nSPS) is 16.2. The van der Waals surface area contributed by atoms with Crippen molar-refractivity contribution in [2.45, 2.75) is 26.3 Å². The van der Waals surface area contributed by atoms with Crippen LogP contribution in [0.1, 0.15) is 18.5 Å². The molecule has 20 heavy (non-hydrogen) atoms. The summed E-state index contributed by atoms with van der Waals surface area (Å²) >= 11 is 0. The van der Waals surface area contributed by atoms with Gasteiger partial charge in [-0.05, 0) is 50.9 Å². The smallest absolute Gasteiger partial charge is 0.168 e. The Morgan fingerprint density at radius 2 is 2.00 bits per heavy atom. The Morgan fingerprint density at radius 1 is 1.25 bits per heavy atom. The molecule has 0 unspecified atom stereocenters. The summed E-state index contributed by atoms with van der Waals surface area (Å²) in [5.41, 5.74) is 1.10. The van der Waals surface area contributed by atoms with Crippen LogP contribution >= 0.6 is 0 Å². The molecule has 1 aromatic heterocycles. The molecule has 4 heteroatoms. The van der Waals surface area contributed by atoms with Crippen molar-refractivity contribution in [2.75, 3.05) is 13.1 Å². The van der Waals surface area contributed by atoms with Gasteiger partial charge in [-0.25, -0.2) is 0 Å². The molecular formula is C16H21N3O. The fourth-order valence-corrected chi connectivity index (χ4v) is 2.64. The van der Waals surface area contributed by atoms with Crippen molar-refractivity contribution in [3.63, 3.8) is 0 Å². The molecule has 0 atom stereocenters. The molecule has 2 aromatic rings. The molecule has 2 heterocycles. The van der Waals surface area contributed by atoms with E-state index in [4.69, 9.17) is 4.74 Å². The van der Waals surface area contributed by atoms with E-state index in [0.29, 0.717) is 0 Å². The van der Waals surface area contributed by atoms with Gasteiger partial charge in [0.25, 0.3) is 0 Å². The molecule has 0 saturated carbocycles. The largest absolute Gasteiger partial charge is 0.454 e. The third-order valence-electron chi connectivity index (χ3n) is 3.92. The van der Waals surface area contributed by atoms with E-state index in [1.165, 1.54) is 12.8 Å². The number of rotatable bonds is 4. The lowest BCUT2D eigenvalue weighted by molar-refractivity contribution is 0.318. The monoisotopic (exact) mass is 271 g/mol. The number of hydrogen-bond acceptors (Lipinski definition) is 3. The fraction of sp³-hybridized carbons (Fsp3) is 0.438. The van der Waals surface area contributed by atoms with Crippen molar-refractivity contribution in [3.05, 3.63) is 42.2 Å². The molecule has 106 valence electrons. The molecule has 1 saturated heterocycles. The molecule has 0 radical (unpaired) electrons. The van der Waals surface area contributed by atoms with Crippen molar-refractivity contribution < 1.29 is 4.74 Å². The molecule has 1 N–H and O–H groups in total. The molecule has 0 aliphatic carbocycles. The predicted molar refractivity (Wildman–Crippen MR) is 79.1 cm³/mol. The number of hydrogen-bond donors (Lipinski definition) is 1. The van der Waals surface area contributed by atoms with Gasteiger partial charge in [-0.3, -0.25) is 4.68 Å². The van der Waals surface area contributed by atoms with Gasteiger partial charge >= 0.3 is 0 Å². The summed E-state index contributed by atoms with van der Waals surface area (Å²) in [5, 5.41) is 7.88. The van der Waals surface area contributed by atoms with E-state index in [1.54, 1.807) is 0 Å². The van der Waals surface area contributed by atoms with E-state index in [-0.39, 0.29) is 0 Å². The number of nitrogens with zero attached hydrogens (tertiary/aromatic N) is 2. The Kier molecular flexibility index (Phi) is 4.02. The topological polar surface area (TPSA) is 39.1 Å². The van der Waals surface area contributed by atoms with Gasteiger partial charge in [-0.15, -0.1) is 0 Å². The fourth-order valence-electron chi connectivity index (χ4n) is 2.64. The van der Waals surface area contributed by atoms with Crippen LogP contribution in [0.3, 0.4) is 0 Å². The van der Waals surface area contributed by atoms with Crippen LogP contribution in [0.4, 0.5) is 0 Å². The van der Waals surface area contributed by atoms with E-state index in [9.17, 15) is 0 Å². The molecule has 1 aliphatic heterocycles. The maximum atomic E-state index is 5.88. The first kappa shape index (κ1) is 13.2. The molecule has 0 bridgehead atoms. The Balaban J connectivity index is 1.68. The van der Waals surface area contributed by atoms with Crippen LogP contribution in [0.15, 0.2) is 36.5 Å². The first-order chi connectivity index (χ1) is 9.83. The average Bonchev–Trinajstić information content (AvgIpc) is 2.83. The highest BCUT2D eigenvalue weighted by Crippen LogP contribution is 2.25. The lowest BCUT2D eigenvalue weighted by Crippen LogP contribution is -2.30. The number of ether oxygens (including phenoxy) is 1. The second-order valence-electron chi connectivity index (χ2n) is 5.38. The third-order valence-corrected chi connectivity index (χ3v) is 3.92. The Bertz CT molecular complexity index is 544. The summed E-state index contributed by atoms with van der Waals surface area (Å²) in [6, 6.07) is 9.86. The number of aromatic nitrogens is 2. The van der Waals surface area contributed by atoms with Crippen molar-refractivity contribution in [1.82, 2.24) is 15.1 Å². The molecule has 1 aliphatic rings. The molecule has 0 amide bonds. The van der Waals surface area contributed by atoms with Crippen molar-refractivity contribution in [3.8, 4) is 11.5 Å². The standard InChI is InChI=1S/C16H21N3O/c1-13-16(20-15-5-3-2-4-6-15)11-18-19(13)12-14-7-9-17-10-8-14/h2-6,11,14,17H,7-10,12H2,1H3. The SMILES string of the molecule is Cc1c(Oc2ccccc2)cnn1CC1CCNCC1. The van der Waals surface area contributed by atoms with Crippen LogP contribution in [-0.4, -0.2) is 22.9 Å². The first-order valence-corrected chi connectivity index (χ1v) is 7.29. The van der Waals surface area contributed by atoms with Gasteiger partial charge in [-0.1, -0.05) is 18.2 Å². The van der Waals surface area contributed by atoms with Gasteiger partial charge in [0.1, 0.15) is 5.75 Å². The maximum absolute atomic E-state index is 5.88. The number of para-hydroxylation sites is 1. The second kappa shape index (κ2) is 6.09. The summed E-state index contributed by atoms with van der Waals surface area (Å²) in [6.45, 7) is 5.31. The average molecular weight is 271 g/mol. The highest BCUT2D eigenvalue weighted by molar-refractivity contribution is 5.32. The lowest BCUT2D eigenvalue weighted by atomic mass is 9.98. The number of benzene rings is 1. The zero-order valence-corrected chi connectivity index (χ0v) is 11.9. The zero-order valence-electron chi connectivity index (χ0n) is 11.9. The van der Waals surface area contributed by atoms with Crippen molar-refractivity contribution >= 4 is 0 Å². The zero-order chi connectivity index (χ0) is 13.8. The van der Waals surface area contributed by atoms with Gasteiger partial charge in [0, 0.05) is 6.54 Å². The Morgan fingerprint density at radius 3 is 2.75 bits per heavy atom. The molecule has 1 aromatic carbocycles. The van der Waals surface area contributed by atoms with Crippen LogP contribution in [0.2, 0.25) is 0 Å². The van der Waals surface area contributed by atoms with Gasteiger partial charge in [0.05, 0.1) is 11.9 Å². The van der Waals surface area contributed by atoms with E-state index >= 15 is 0 Å². The quantitative estimate of drug-likeness (QED) is 0.929. The van der Waals surface area contributed by atoms with Crippen LogP contribution in [0.5, 0.6) is 11.5 Å². The first-order valence-electron chi connectivity index (χ1n) is 7.29. The molecule has 0 spiro atoms. The molecule has 3 rings (SSSR count). The third kappa shape index (κ3) is 3.02. The van der Waals surface area contributed by atoms with E-state index in [2.05, 4.69) is 22.0 Å². The number of piperidine rings is 1. The van der Waals surface area contributed by atoms with Crippen LogP contribution in [0.25, 0.3) is 0 Å². The van der Waals surface area contributed by atoms with E-state index in [1.807, 2.05) is 36.5 Å².